The van der Waals surface area contributed by atoms with E-state index < -0.39 is 11.3 Å². The first-order valence-electron chi connectivity index (χ1n) is 8.29. The van der Waals surface area contributed by atoms with Gasteiger partial charge in [-0.1, -0.05) is 18.2 Å². The number of hydrogen-bond donors (Lipinski definition) is 1. The zero-order chi connectivity index (χ0) is 18.5. The van der Waals surface area contributed by atoms with Gasteiger partial charge in [0.05, 0.1) is 12.3 Å². The highest BCUT2D eigenvalue weighted by Gasteiger charge is 2.15. The van der Waals surface area contributed by atoms with Gasteiger partial charge in [0.1, 0.15) is 5.75 Å². The number of carbonyl (C=O) groups is 1. The molecule has 0 atom stereocenters. The second kappa shape index (κ2) is 7.65. The van der Waals surface area contributed by atoms with Gasteiger partial charge in [0.15, 0.2) is 5.69 Å². The topological polar surface area (TPSA) is 73.2 Å². The van der Waals surface area contributed by atoms with Crippen LogP contribution in [0.5, 0.6) is 5.75 Å². The highest BCUT2D eigenvalue weighted by molar-refractivity contribution is 6.02. The lowest BCUT2D eigenvalue weighted by atomic mass is 10.2. The minimum atomic E-state index is -0.552. The molecule has 1 aromatic heterocycles. The predicted octanol–water partition coefficient (Wildman–Crippen LogP) is 3.19. The van der Waals surface area contributed by atoms with Crippen LogP contribution in [0.15, 0.2) is 65.5 Å². The zero-order valence-electron chi connectivity index (χ0n) is 14.6. The van der Waals surface area contributed by atoms with Crippen molar-refractivity contribution in [1.29, 1.82) is 0 Å². The molecule has 0 unspecified atom stereocenters. The molecule has 1 N–H and O–H groups in total. The van der Waals surface area contributed by atoms with Crippen molar-refractivity contribution in [3.8, 4) is 11.4 Å². The van der Waals surface area contributed by atoms with Gasteiger partial charge in [-0.2, -0.15) is 5.10 Å². The lowest BCUT2D eigenvalue weighted by Gasteiger charge is -2.11. The van der Waals surface area contributed by atoms with E-state index in [0.717, 1.165) is 5.69 Å². The maximum absolute atomic E-state index is 12.5. The fraction of sp³-hybridized carbons (Fsp3) is 0.150. The minimum absolute atomic E-state index is 0.159. The number of para-hydroxylation sites is 1. The molecule has 0 spiro atoms. The van der Waals surface area contributed by atoms with E-state index in [0.29, 0.717) is 23.7 Å². The molecule has 0 saturated carbocycles. The number of benzene rings is 2. The molecule has 6 heteroatoms. The third kappa shape index (κ3) is 3.80. The summed E-state index contributed by atoms with van der Waals surface area (Å²) in [5, 5.41) is 6.95. The van der Waals surface area contributed by atoms with Crippen molar-refractivity contribution in [3.63, 3.8) is 0 Å². The Morgan fingerprint density at radius 3 is 2.46 bits per heavy atom. The largest absolute Gasteiger partial charge is 0.494 e. The monoisotopic (exact) mass is 349 g/mol. The van der Waals surface area contributed by atoms with Crippen molar-refractivity contribution in [2.45, 2.75) is 13.8 Å². The quantitative estimate of drug-likeness (QED) is 0.768. The maximum Gasteiger partial charge on any atom is 0.280 e. The molecule has 0 fully saturated rings. The van der Waals surface area contributed by atoms with E-state index in [1.165, 1.54) is 6.07 Å². The van der Waals surface area contributed by atoms with Crippen LogP contribution in [-0.2, 0) is 0 Å². The van der Waals surface area contributed by atoms with Crippen LogP contribution in [0.1, 0.15) is 23.1 Å². The molecule has 0 aliphatic rings. The number of hydrogen-bond acceptors (Lipinski definition) is 4. The van der Waals surface area contributed by atoms with Gasteiger partial charge in [0.2, 0.25) is 5.43 Å². The first kappa shape index (κ1) is 17.4. The van der Waals surface area contributed by atoms with Gasteiger partial charge in [-0.3, -0.25) is 9.59 Å². The highest BCUT2D eigenvalue weighted by Crippen LogP contribution is 2.16. The smallest absolute Gasteiger partial charge is 0.280 e. The Labute approximate surface area is 151 Å². The Balaban J connectivity index is 1.88. The summed E-state index contributed by atoms with van der Waals surface area (Å²) in [6.45, 7) is 4.24. The van der Waals surface area contributed by atoms with E-state index in [1.54, 1.807) is 35.9 Å². The molecule has 0 saturated heterocycles. The first-order valence-corrected chi connectivity index (χ1v) is 8.29. The summed E-state index contributed by atoms with van der Waals surface area (Å²) >= 11 is 0. The summed E-state index contributed by atoms with van der Waals surface area (Å²) in [5.74, 6) is 0.161. The zero-order valence-corrected chi connectivity index (χ0v) is 14.6. The van der Waals surface area contributed by atoms with Gasteiger partial charge in [-0.05, 0) is 50.2 Å². The van der Waals surface area contributed by atoms with Crippen molar-refractivity contribution in [2.75, 3.05) is 11.9 Å². The van der Waals surface area contributed by atoms with Crippen molar-refractivity contribution in [1.82, 2.24) is 9.78 Å². The van der Waals surface area contributed by atoms with Crippen LogP contribution in [-0.4, -0.2) is 22.3 Å². The molecular weight excluding hydrogens is 330 g/mol. The first-order chi connectivity index (χ1) is 12.6. The molecule has 0 aliphatic carbocycles. The molecule has 3 rings (SSSR count). The minimum Gasteiger partial charge on any atom is -0.494 e. The lowest BCUT2D eigenvalue weighted by molar-refractivity contribution is 0.101. The molecule has 2 aromatic carbocycles. The number of amides is 1. The number of nitrogens with one attached hydrogen (secondary N) is 1. The van der Waals surface area contributed by atoms with Crippen LogP contribution >= 0.6 is 0 Å². The molecule has 0 bridgehead atoms. The van der Waals surface area contributed by atoms with Gasteiger partial charge < -0.3 is 10.1 Å². The van der Waals surface area contributed by atoms with E-state index in [2.05, 4.69) is 10.4 Å². The van der Waals surface area contributed by atoms with Crippen molar-refractivity contribution in [2.24, 2.45) is 0 Å². The second-order valence-corrected chi connectivity index (χ2v) is 5.66. The third-order valence-electron chi connectivity index (χ3n) is 3.75. The van der Waals surface area contributed by atoms with Gasteiger partial charge in [-0.25, -0.2) is 4.68 Å². The number of anilines is 1. The summed E-state index contributed by atoms with van der Waals surface area (Å²) in [6.07, 6.45) is 0. The average Bonchev–Trinajstić information content (AvgIpc) is 2.64. The standard InChI is InChI=1S/C20H19N3O3/c1-3-26-17-11-9-15(10-12-17)21-20(25)19-18(24)13-14(2)23(22-19)16-7-5-4-6-8-16/h4-13H,3H2,1-2H3,(H,21,25). The van der Waals surface area contributed by atoms with Gasteiger partial charge in [-0.15, -0.1) is 0 Å². The number of aromatic nitrogens is 2. The average molecular weight is 349 g/mol. The molecule has 132 valence electrons. The van der Waals surface area contributed by atoms with Crippen LogP contribution in [0.2, 0.25) is 0 Å². The van der Waals surface area contributed by atoms with E-state index in [4.69, 9.17) is 4.74 Å². The fourth-order valence-electron chi connectivity index (χ4n) is 2.53. The Morgan fingerprint density at radius 1 is 1.12 bits per heavy atom. The summed E-state index contributed by atoms with van der Waals surface area (Å²) in [7, 11) is 0. The molecule has 1 amide bonds. The molecule has 0 radical (unpaired) electrons. The second-order valence-electron chi connectivity index (χ2n) is 5.66. The Bertz CT molecular complexity index is 964. The van der Waals surface area contributed by atoms with Crippen LogP contribution in [0.3, 0.4) is 0 Å². The van der Waals surface area contributed by atoms with Gasteiger partial charge >= 0.3 is 0 Å². The number of nitrogens with zero attached hydrogens (tertiary/aromatic N) is 2. The number of ether oxygens (including phenoxy) is 1. The van der Waals surface area contributed by atoms with Crippen LogP contribution in [0, 0.1) is 6.92 Å². The predicted molar refractivity (Wildman–Crippen MR) is 100 cm³/mol. The molecule has 1 heterocycles. The Kier molecular flexibility index (Phi) is 5.12. The van der Waals surface area contributed by atoms with Crippen LogP contribution < -0.4 is 15.5 Å². The maximum atomic E-state index is 12.5. The molecule has 0 aliphatic heterocycles. The number of carbonyl (C=O) groups excluding carboxylic acids is 1. The van der Waals surface area contributed by atoms with Crippen molar-refractivity contribution in [3.05, 3.63) is 82.3 Å². The van der Waals surface area contributed by atoms with E-state index in [9.17, 15) is 9.59 Å². The summed E-state index contributed by atoms with van der Waals surface area (Å²) in [4.78, 5) is 24.8. The lowest BCUT2D eigenvalue weighted by Crippen LogP contribution is -2.26. The SMILES string of the molecule is CCOc1ccc(NC(=O)c2nn(-c3ccccc3)c(C)cc2=O)cc1. The van der Waals surface area contributed by atoms with Crippen LogP contribution in [0.25, 0.3) is 5.69 Å². The highest BCUT2D eigenvalue weighted by atomic mass is 16.5. The van der Waals surface area contributed by atoms with Gasteiger partial charge in [0, 0.05) is 17.4 Å². The summed E-state index contributed by atoms with van der Waals surface area (Å²) in [6, 6.07) is 17.7. The fourth-order valence-corrected chi connectivity index (χ4v) is 2.53. The molecular formula is C20H19N3O3. The Hall–Kier alpha value is -3.41. The van der Waals surface area contributed by atoms with E-state index in [1.807, 2.05) is 37.3 Å². The Morgan fingerprint density at radius 2 is 1.81 bits per heavy atom. The summed E-state index contributed by atoms with van der Waals surface area (Å²) in [5.41, 5.74) is 1.41. The van der Waals surface area contributed by atoms with Crippen molar-refractivity contribution >= 4 is 11.6 Å². The van der Waals surface area contributed by atoms with Crippen LogP contribution in [0.4, 0.5) is 5.69 Å². The molecule has 26 heavy (non-hydrogen) atoms. The number of aryl methyl sites for hydroxylation is 1. The number of rotatable bonds is 5. The third-order valence-corrected chi connectivity index (χ3v) is 3.75. The van der Waals surface area contributed by atoms with E-state index in [-0.39, 0.29) is 5.69 Å². The normalized spacial score (nSPS) is 10.4. The van der Waals surface area contributed by atoms with Crippen molar-refractivity contribution < 1.29 is 9.53 Å². The van der Waals surface area contributed by atoms with E-state index >= 15 is 0 Å². The summed E-state index contributed by atoms with van der Waals surface area (Å²) < 4.78 is 6.95. The van der Waals surface area contributed by atoms with Gasteiger partial charge in [0.25, 0.3) is 5.91 Å². The molecule has 6 nitrogen and oxygen atoms in total. The molecule has 3 aromatic rings.